The van der Waals surface area contributed by atoms with Crippen molar-refractivity contribution < 1.29 is 19.1 Å². The molecule has 1 aromatic heterocycles. The molecule has 3 aromatic carbocycles. The van der Waals surface area contributed by atoms with Gasteiger partial charge in [0.25, 0.3) is 0 Å². The average Bonchev–Trinajstić information content (AvgIpc) is 2.88. The third-order valence-electron chi connectivity index (χ3n) is 5.34. The number of rotatable bonds is 9. The van der Waals surface area contributed by atoms with Gasteiger partial charge in [0.2, 0.25) is 5.91 Å². The molecule has 0 bridgehead atoms. The Balaban J connectivity index is 1.31. The fraction of sp³-hybridized carbons (Fsp3) is 0.148. The summed E-state index contributed by atoms with van der Waals surface area (Å²) in [6.07, 6.45) is 3.49. The number of hydrogen-bond acceptors (Lipinski definition) is 6. The zero-order chi connectivity index (χ0) is 23.8. The summed E-state index contributed by atoms with van der Waals surface area (Å²) in [7, 11) is 0. The predicted octanol–water partition coefficient (Wildman–Crippen LogP) is 4.04. The lowest BCUT2D eigenvalue weighted by molar-refractivity contribution is -0.147. The van der Waals surface area contributed by atoms with Gasteiger partial charge in [-0.3, -0.25) is 9.78 Å². The van der Waals surface area contributed by atoms with Crippen LogP contribution < -0.4 is 15.8 Å². The summed E-state index contributed by atoms with van der Waals surface area (Å²) in [5.41, 5.74) is 8.20. The second kappa shape index (κ2) is 11.1. The molecular formula is C27H25N3O4. The van der Waals surface area contributed by atoms with Crippen LogP contribution >= 0.6 is 0 Å². The van der Waals surface area contributed by atoms with E-state index in [9.17, 15) is 9.59 Å². The molecule has 0 fully saturated rings. The van der Waals surface area contributed by atoms with E-state index in [4.69, 9.17) is 15.2 Å². The molecule has 34 heavy (non-hydrogen) atoms. The number of pyridine rings is 1. The fourth-order valence-corrected chi connectivity index (χ4v) is 3.50. The highest BCUT2D eigenvalue weighted by molar-refractivity contribution is 5.98. The Morgan fingerprint density at radius 2 is 1.74 bits per heavy atom. The third-order valence-corrected chi connectivity index (χ3v) is 5.34. The van der Waals surface area contributed by atoms with Crippen molar-refractivity contribution in [3.05, 3.63) is 102 Å². The fourth-order valence-electron chi connectivity index (χ4n) is 3.50. The number of nitrogens with zero attached hydrogens (tertiary/aromatic N) is 1. The first-order valence-electron chi connectivity index (χ1n) is 10.9. The summed E-state index contributed by atoms with van der Waals surface area (Å²) in [5.74, 6) is -0.550. The monoisotopic (exact) mass is 455 g/mol. The van der Waals surface area contributed by atoms with Gasteiger partial charge in [0.15, 0.2) is 6.61 Å². The summed E-state index contributed by atoms with van der Waals surface area (Å²) in [6.45, 7) is 0.111. The molecule has 7 nitrogen and oxygen atoms in total. The third kappa shape index (κ3) is 5.96. The highest BCUT2D eigenvalue weighted by Gasteiger charge is 2.19. The van der Waals surface area contributed by atoms with Crippen LogP contribution in [0.15, 0.2) is 91.3 Å². The van der Waals surface area contributed by atoms with E-state index in [1.165, 1.54) is 0 Å². The number of anilines is 1. The van der Waals surface area contributed by atoms with E-state index in [0.717, 1.165) is 21.9 Å². The maximum Gasteiger partial charge on any atom is 0.344 e. The van der Waals surface area contributed by atoms with Crippen LogP contribution in [0.1, 0.15) is 17.0 Å². The molecule has 1 heterocycles. The van der Waals surface area contributed by atoms with E-state index >= 15 is 0 Å². The lowest BCUT2D eigenvalue weighted by atomic mass is 9.97. The maximum absolute atomic E-state index is 12.9. The van der Waals surface area contributed by atoms with Gasteiger partial charge in [-0.2, -0.15) is 0 Å². The number of nitrogens with one attached hydrogen (secondary N) is 1. The standard InChI is InChI=1S/C27H25N3O4/c28-15-25(27(32)30-23-11-10-22-16-29-13-12-21(22)14-23)20-8-6-19(7-9-20)17-34-26(31)18-33-24-4-2-1-3-5-24/h1-14,16,25H,15,17-18,28H2,(H,30,32). The van der Waals surface area contributed by atoms with Crippen molar-refractivity contribution in [2.24, 2.45) is 5.73 Å². The largest absolute Gasteiger partial charge is 0.482 e. The van der Waals surface area contributed by atoms with Gasteiger partial charge in [0.1, 0.15) is 12.4 Å². The Labute approximate surface area is 197 Å². The van der Waals surface area contributed by atoms with Crippen molar-refractivity contribution in [2.75, 3.05) is 18.5 Å². The first-order valence-corrected chi connectivity index (χ1v) is 10.9. The minimum absolute atomic E-state index is 0.114. The van der Waals surface area contributed by atoms with Gasteiger partial charge in [-0.15, -0.1) is 0 Å². The Kier molecular flexibility index (Phi) is 7.47. The Bertz CT molecular complexity index is 1260. The number of benzene rings is 3. The molecule has 0 saturated heterocycles. The molecular weight excluding hydrogens is 430 g/mol. The van der Waals surface area contributed by atoms with Gasteiger partial charge in [0.05, 0.1) is 5.92 Å². The number of esters is 1. The van der Waals surface area contributed by atoms with Gasteiger partial charge in [-0.1, -0.05) is 48.5 Å². The zero-order valence-corrected chi connectivity index (χ0v) is 18.5. The van der Waals surface area contributed by atoms with Crippen molar-refractivity contribution in [1.82, 2.24) is 4.98 Å². The molecule has 3 N–H and O–H groups in total. The second-order valence-corrected chi connectivity index (χ2v) is 7.72. The topological polar surface area (TPSA) is 104 Å². The first-order chi connectivity index (χ1) is 16.6. The number of amides is 1. The van der Waals surface area contributed by atoms with Crippen molar-refractivity contribution in [2.45, 2.75) is 12.5 Å². The van der Waals surface area contributed by atoms with Crippen molar-refractivity contribution in [3.8, 4) is 5.75 Å². The van der Waals surface area contributed by atoms with Crippen LogP contribution in [0.2, 0.25) is 0 Å². The number of carbonyl (C=O) groups excluding carboxylic acids is 2. The van der Waals surface area contributed by atoms with Crippen LogP contribution in [-0.2, 0) is 20.9 Å². The quantitative estimate of drug-likeness (QED) is 0.369. The molecule has 0 saturated carbocycles. The molecule has 1 atom stereocenters. The van der Waals surface area contributed by atoms with Crippen LogP contribution in [-0.4, -0.2) is 30.0 Å². The normalized spacial score (nSPS) is 11.6. The molecule has 7 heteroatoms. The van der Waals surface area contributed by atoms with E-state index < -0.39 is 11.9 Å². The Hall–Kier alpha value is -4.23. The number of ether oxygens (including phenoxy) is 2. The van der Waals surface area contributed by atoms with Crippen LogP contribution in [0.4, 0.5) is 5.69 Å². The van der Waals surface area contributed by atoms with E-state index in [-0.39, 0.29) is 25.7 Å². The molecule has 0 radical (unpaired) electrons. The lowest BCUT2D eigenvalue weighted by Crippen LogP contribution is -2.27. The summed E-state index contributed by atoms with van der Waals surface area (Å²) in [4.78, 5) is 28.9. The maximum atomic E-state index is 12.9. The predicted molar refractivity (Wildman–Crippen MR) is 130 cm³/mol. The van der Waals surface area contributed by atoms with Gasteiger partial charge in [0, 0.05) is 30.0 Å². The molecule has 4 rings (SSSR count). The lowest BCUT2D eigenvalue weighted by Gasteiger charge is -2.16. The van der Waals surface area contributed by atoms with Crippen LogP contribution in [0.3, 0.4) is 0 Å². The van der Waals surface area contributed by atoms with Crippen molar-refractivity contribution in [3.63, 3.8) is 0 Å². The van der Waals surface area contributed by atoms with Gasteiger partial charge in [-0.25, -0.2) is 4.79 Å². The molecule has 172 valence electrons. The molecule has 0 spiro atoms. The van der Waals surface area contributed by atoms with Crippen molar-refractivity contribution in [1.29, 1.82) is 0 Å². The highest BCUT2D eigenvalue weighted by atomic mass is 16.6. The number of aromatic nitrogens is 1. The minimum Gasteiger partial charge on any atom is -0.482 e. The van der Waals surface area contributed by atoms with Gasteiger partial charge < -0.3 is 20.5 Å². The first kappa shape index (κ1) is 22.9. The zero-order valence-electron chi connectivity index (χ0n) is 18.5. The average molecular weight is 456 g/mol. The molecule has 0 aliphatic heterocycles. The van der Waals surface area contributed by atoms with E-state index in [1.54, 1.807) is 24.5 Å². The number of carbonyl (C=O) groups is 2. The molecule has 1 amide bonds. The molecule has 1 unspecified atom stereocenters. The summed E-state index contributed by atoms with van der Waals surface area (Å²) in [6, 6.07) is 23.9. The van der Waals surface area contributed by atoms with Gasteiger partial charge in [-0.05, 0) is 46.8 Å². The van der Waals surface area contributed by atoms with Crippen LogP contribution in [0.5, 0.6) is 5.75 Å². The molecule has 0 aliphatic carbocycles. The number of hydrogen-bond donors (Lipinski definition) is 2. The molecule has 0 aliphatic rings. The molecule has 4 aromatic rings. The Morgan fingerprint density at radius 1 is 0.941 bits per heavy atom. The van der Waals surface area contributed by atoms with Crippen LogP contribution in [0, 0.1) is 0 Å². The van der Waals surface area contributed by atoms with E-state index in [2.05, 4.69) is 10.3 Å². The Morgan fingerprint density at radius 3 is 2.50 bits per heavy atom. The van der Waals surface area contributed by atoms with Gasteiger partial charge >= 0.3 is 5.97 Å². The second-order valence-electron chi connectivity index (χ2n) is 7.72. The van der Waals surface area contributed by atoms with Crippen LogP contribution in [0.25, 0.3) is 10.8 Å². The SMILES string of the molecule is NCC(C(=O)Nc1ccc2cnccc2c1)c1ccc(COC(=O)COc2ccccc2)cc1. The smallest absolute Gasteiger partial charge is 0.344 e. The summed E-state index contributed by atoms with van der Waals surface area (Å²) in [5, 5.41) is 4.93. The summed E-state index contributed by atoms with van der Waals surface area (Å²) < 4.78 is 10.6. The highest BCUT2D eigenvalue weighted by Crippen LogP contribution is 2.22. The number of fused-ring (bicyclic) bond motifs is 1. The number of nitrogens with two attached hydrogens (primary N) is 1. The van der Waals surface area contributed by atoms with Crippen molar-refractivity contribution >= 4 is 28.3 Å². The van der Waals surface area contributed by atoms with E-state index in [0.29, 0.717) is 11.4 Å². The van der Waals surface area contributed by atoms with E-state index in [1.807, 2.05) is 66.7 Å². The minimum atomic E-state index is -0.510. The summed E-state index contributed by atoms with van der Waals surface area (Å²) >= 11 is 0. The number of para-hydroxylation sites is 1.